The Morgan fingerprint density at radius 2 is 1.81 bits per heavy atom. The molecule has 0 fully saturated rings. The van der Waals surface area contributed by atoms with E-state index in [0.29, 0.717) is 18.8 Å². The number of rotatable bonds is 7. The zero-order chi connectivity index (χ0) is 20.2. The first-order valence-electron chi connectivity index (χ1n) is 8.19. The van der Waals surface area contributed by atoms with Crippen LogP contribution < -0.4 is 10.1 Å². The van der Waals surface area contributed by atoms with Gasteiger partial charge in [0.15, 0.2) is 0 Å². The number of halogens is 2. The third kappa shape index (κ3) is 4.55. The predicted octanol–water partition coefficient (Wildman–Crippen LogP) is 4.28. The van der Waals surface area contributed by atoms with E-state index in [1.165, 1.54) is 35.7 Å². The van der Waals surface area contributed by atoms with Crippen molar-refractivity contribution < 1.29 is 17.9 Å². The van der Waals surface area contributed by atoms with Crippen LogP contribution in [-0.4, -0.2) is 38.8 Å². The molecule has 0 aliphatic rings. The Labute approximate surface area is 169 Å². The number of methoxy groups -OCH3 is 1. The molecule has 9 heteroatoms. The maximum Gasteiger partial charge on any atom is 0.257 e. The molecule has 0 atom stereocenters. The molecule has 0 radical (unpaired) electrons. The lowest BCUT2D eigenvalue weighted by Gasteiger charge is -2.19. The van der Waals surface area contributed by atoms with Crippen LogP contribution in [0, 0.1) is 0 Å². The van der Waals surface area contributed by atoms with Crippen LogP contribution in [0.25, 0.3) is 0 Å². The number of carbonyl (C=O) groups excluding carboxylic acids is 1. The first kappa shape index (κ1) is 21.5. The van der Waals surface area contributed by atoms with Gasteiger partial charge in [-0.05, 0) is 30.3 Å². The number of ether oxygens (including phenoxy) is 1. The fraction of sp³-hybridized carbons (Fsp3) is 0.278. The summed E-state index contributed by atoms with van der Waals surface area (Å²) in [6, 6.07) is 8.98. The maximum absolute atomic E-state index is 12.7. The Bertz CT molecular complexity index is 944. The van der Waals surface area contributed by atoms with Crippen molar-refractivity contribution in [1.82, 2.24) is 4.31 Å². The third-order valence-electron chi connectivity index (χ3n) is 3.96. The quantitative estimate of drug-likeness (QED) is 0.710. The first-order valence-corrected chi connectivity index (χ1v) is 10.4. The minimum atomic E-state index is -3.68. The van der Waals surface area contributed by atoms with Crippen molar-refractivity contribution in [2.45, 2.75) is 18.7 Å². The summed E-state index contributed by atoms with van der Waals surface area (Å²) in [6.07, 6.45) is 0. The molecule has 0 saturated heterocycles. The number of benzene rings is 2. The van der Waals surface area contributed by atoms with Gasteiger partial charge in [0.05, 0.1) is 33.3 Å². The minimum absolute atomic E-state index is 0.0551. The van der Waals surface area contributed by atoms with E-state index in [1.54, 1.807) is 26.0 Å². The second-order valence-electron chi connectivity index (χ2n) is 5.51. The lowest BCUT2D eigenvalue weighted by molar-refractivity contribution is 0.102. The van der Waals surface area contributed by atoms with E-state index in [1.807, 2.05) is 0 Å². The van der Waals surface area contributed by atoms with Crippen molar-refractivity contribution in [2.75, 3.05) is 25.5 Å². The van der Waals surface area contributed by atoms with Gasteiger partial charge in [-0.3, -0.25) is 4.79 Å². The monoisotopic (exact) mass is 430 g/mol. The number of anilines is 1. The third-order valence-corrected chi connectivity index (χ3v) is 6.82. The van der Waals surface area contributed by atoms with E-state index in [4.69, 9.17) is 27.9 Å². The van der Waals surface area contributed by atoms with Crippen molar-refractivity contribution in [3.05, 3.63) is 52.0 Å². The lowest BCUT2D eigenvalue weighted by Crippen LogP contribution is -2.30. The molecule has 146 valence electrons. The smallest absolute Gasteiger partial charge is 0.257 e. The summed E-state index contributed by atoms with van der Waals surface area (Å²) < 4.78 is 32.0. The normalized spacial score (nSPS) is 11.5. The highest BCUT2D eigenvalue weighted by molar-refractivity contribution is 7.89. The fourth-order valence-electron chi connectivity index (χ4n) is 2.53. The Morgan fingerprint density at radius 1 is 1.15 bits per heavy atom. The molecule has 0 heterocycles. The molecule has 1 N–H and O–H groups in total. The summed E-state index contributed by atoms with van der Waals surface area (Å²) in [5.74, 6) is -0.210. The van der Waals surface area contributed by atoms with E-state index < -0.39 is 15.9 Å². The van der Waals surface area contributed by atoms with E-state index in [-0.39, 0.29) is 26.2 Å². The molecule has 2 aromatic carbocycles. The average Bonchev–Trinajstić information content (AvgIpc) is 2.64. The highest BCUT2D eigenvalue weighted by Crippen LogP contribution is 2.31. The molecule has 1 amide bonds. The van der Waals surface area contributed by atoms with Gasteiger partial charge in [0.25, 0.3) is 5.91 Å². The molecular formula is C18H20Cl2N2O4S. The van der Waals surface area contributed by atoms with Gasteiger partial charge in [-0.25, -0.2) is 8.42 Å². The molecule has 0 spiro atoms. The van der Waals surface area contributed by atoms with E-state index >= 15 is 0 Å². The number of nitrogens with one attached hydrogen (secondary N) is 1. The van der Waals surface area contributed by atoms with Crippen molar-refractivity contribution in [1.29, 1.82) is 0 Å². The topological polar surface area (TPSA) is 75.7 Å². The van der Waals surface area contributed by atoms with Gasteiger partial charge in [-0.1, -0.05) is 43.1 Å². The lowest BCUT2D eigenvalue weighted by atomic mass is 10.2. The number of carbonyl (C=O) groups is 1. The molecule has 0 aliphatic heterocycles. The molecule has 0 saturated carbocycles. The van der Waals surface area contributed by atoms with Crippen LogP contribution in [0.1, 0.15) is 24.2 Å². The van der Waals surface area contributed by atoms with Crippen LogP contribution >= 0.6 is 23.2 Å². The molecule has 2 rings (SSSR count). The number of sulfonamides is 1. The molecule has 0 aliphatic carbocycles. The Balaban J connectivity index is 2.44. The maximum atomic E-state index is 12.7. The summed E-state index contributed by atoms with van der Waals surface area (Å²) in [5.41, 5.74) is 0.384. The number of amides is 1. The van der Waals surface area contributed by atoms with E-state index in [9.17, 15) is 13.2 Å². The summed E-state index contributed by atoms with van der Waals surface area (Å²) in [7, 11) is -2.26. The molecule has 6 nitrogen and oxygen atoms in total. The van der Waals surface area contributed by atoms with Crippen LogP contribution in [0.2, 0.25) is 10.0 Å². The molecule has 2 aromatic rings. The van der Waals surface area contributed by atoms with Crippen molar-refractivity contribution in [2.24, 2.45) is 0 Å². The molecule has 0 bridgehead atoms. The van der Waals surface area contributed by atoms with Crippen LogP contribution in [0.4, 0.5) is 5.69 Å². The van der Waals surface area contributed by atoms with Crippen LogP contribution in [0.3, 0.4) is 0 Å². The fourth-order valence-corrected chi connectivity index (χ4v) is 4.40. The van der Waals surface area contributed by atoms with Gasteiger partial charge in [-0.2, -0.15) is 4.31 Å². The van der Waals surface area contributed by atoms with Gasteiger partial charge in [0.2, 0.25) is 10.0 Å². The van der Waals surface area contributed by atoms with Gasteiger partial charge in [0, 0.05) is 13.1 Å². The number of nitrogens with zero attached hydrogens (tertiary/aromatic N) is 1. The zero-order valence-electron chi connectivity index (χ0n) is 15.1. The molecule has 0 aromatic heterocycles. The van der Waals surface area contributed by atoms with Gasteiger partial charge >= 0.3 is 0 Å². The summed E-state index contributed by atoms with van der Waals surface area (Å²) in [6.45, 7) is 4.19. The summed E-state index contributed by atoms with van der Waals surface area (Å²) in [5, 5.41) is 3.00. The average molecular weight is 431 g/mol. The SMILES string of the molecule is CCN(CC)S(=O)(=O)c1ccc(OC)c(NC(=O)c2cccc(Cl)c2Cl)c1. The molecular weight excluding hydrogens is 411 g/mol. The number of hydrogen-bond donors (Lipinski definition) is 1. The van der Waals surface area contributed by atoms with Crippen molar-refractivity contribution in [3.8, 4) is 5.75 Å². The standard InChI is InChI=1S/C18H20Cl2N2O4S/c1-4-22(5-2)27(24,25)12-9-10-16(26-3)15(11-12)21-18(23)13-7-6-8-14(19)17(13)20/h6-11H,4-5H2,1-3H3,(H,21,23). The first-order chi connectivity index (χ1) is 12.8. The van der Waals surface area contributed by atoms with Gasteiger partial charge in [0.1, 0.15) is 5.75 Å². The largest absolute Gasteiger partial charge is 0.495 e. The Morgan fingerprint density at radius 3 is 2.41 bits per heavy atom. The number of hydrogen-bond acceptors (Lipinski definition) is 4. The van der Waals surface area contributed by atoms with Crippen LogP contribution in [0.15, 0.2) is 41.3 Å². The zero-order valence-corrected chi connectivity index (χ0v) is 17.5. The molecule has 27 heavy (non-hydrogen) atoms. The van der Waals surface area contributed by atoms with Crippen molar-refractivity contribution in [3.63, 3.8) is 0 Å². The van der Waals surface area contributed by atoms with E-state index in [0.717, 1.165) is 0 Å². The van der Waals surface area contributed by atoms with E-state index in [2.05, 4.69) is 5.32 Å². The highest BCUT2D eigenvalue weighted by Gasteiger charge is 2.23. The van der Waals surface area contributed by atoms with Crippen molar-refractivity contribution >= 4 is 44.8 Å². The Kier molecular flexibility index (Phi) is 7.11. The highest BCUT2D eigenvalue weighted by atomic mass is 35.5. The molecule has 0 unspecified atom stereocenters. The summed E-state index contributed by atoms with van der Waals surface area (Å²) >= 11 is 12.0. The Hall–Kier alpha value is -1.80. The minimum Gasteiger partial charge on any atom is -0.495 e. The predicted molar refractivity (Wildman–Crippen MR) is 108 cm³/mol. The van der Waals surface area contributed by atoms with Gasteiger partial charge < -0.3 is 10.1 Å². The van der Waals surface area contributed by atoms with Crippen LogP contribution in [0.5, 0.6) is 5.75 Å². The summed E-state index contributed by atoms with van der Waals surface area (Å²) in [4.78, 5) is 12.6. The van der Waals surface area contributed by atoms with Crippen LogP contribution in [-0.2, 0) is 10.0 Å². The second-order valence-corrected chi connectivity index (χ2v) is 8.23. The second kappa shape index (κ2) is 8.93. The van der Waals surface area contributed by atoms with Gasteiger partial charge in [-0.15, -0.1) is 0 Å².